The number of ether oxygens (including phenoxy) is 1. The molecule has 0 heterocycles. The predicted molar refractivity (Wildman–Crippen MR) is 78.7 cm³/mol. The van der Waals surface area contributed by atoms with E-state index in [0.29, 0.717) is 0 Å². The highest BCUT2D eigenvalue weighted by atomic mass is 16.5. The van der Waals surface area contributed by atoms with E-state index in [9.17, 15) is 9.59 Å². The van der Waals surface area contributed by atoms with Crippen LogP contribution >= 0.6 is 0 Å². The minimum Gasteiger partial charge on any atom is -0.451 e. The first-order valence-electron chi connectivity index (χ1n) is 6.38. The van der Waals surface area contributed by atoms with Crippen LogP contribution < -0.4 is 5.32 Å². The quantitative estimate of drug-likeness (QED) is 0.588. The highest BCUT2D eigenvalue weighted by Gasteiger charge is 2.25. The van der Waals surface area contributed by atoms with Gasteiger partial charge in [0.05, 0.1) is 7.11 Å². The number of methoxy groups -OCH3 is 1. The van der Waals surface area contributed by atoms with E-state index in [1.807, 2.05) is 27.7 Å². The van der Waals surface area contributed by atoms with E-state index in [4.69, 9.17) is 0 Å². The van der Waals surface area contributed by atoms with Gasteiger partial charge in [-0.3, -0.25) is 4.90 Å². The summed E-state index contributed by atoms with van der Waals surface area (Å²) in [4.78, 5) is 30.0. The average molecular weight is 286 g/mol. The largest absolute Gasteiger partial charge is 0.451 e. The molecule has 1 atom stereocenters. The highest BCUT2D eigenvalue weighted by molar-refractivity contribution is 5.99. The summed E-state index contributed by atoms with van der Waals surface area (Å²) in [6.07, 6.45) is -0.753. The Morgan fingerprint density at radius 3 is 2.05 bits per heavy atom. The van der Waals surface area contributed by atoms with Crippen LogP contribution in [0.4, 0.5) is 9.59 Å². The molecule has 7 heteroatoms. The Bertz CT molecular complexity index is 386. The van der Waals surface area contributed by atoms with Crippen molar-refractivity contribution in [3.8, 4) is 0 Å². The fourth-order valence-electron chi connectivity index (χ4n) is 1.19. The SMILES string of the molecule is COC(=O)/N=C(/N(C)C)N(C)C(=O)NC(C)C(C)(C)C. The van der Waals surface area contributed by atoms with Crippen molar-refractivity contribution in [2.75, 3.05) is 28.3 Å². The smallest absolute Gasteiger partial charge is 0.436 e. The zero-order valence-electron chi connectivity index (χ0n) is 13.6. The van der Waals surface area contributed by atoms with Gasteiger partial charge in [-0.25, -0.2) is 9.59 Å². The molecule has 116 valence electrons. The molecule has 0 rings (SSSR count). The number of nitrogens with one attached hydrogen (secondary N) is 1. The Labute approximate surface area is 121 Å². The molecule has 1 N–H and O–H groups in total. The van der Waals surface area contributed by atoms with Crippen LogP contribution in [0.3, 0.4) is 0 Å². The van der Waals surface area contributed by atoms with E-state index in [1.54, 1.807) is 26.0 Å². The number of urea groups is 1. The first-order valence-corrected chi connectivity index (χ1v) is 6.38. The van der Waals surface area contributed by atoms with Crippen LogP contribution in [0.25, 0.3) is 0 Å². The second-order valence-corrected chi connectivity index (χ2v) is 5.87. The number of hydrogen-bond donors (Lipinski definition) is 1. The van der Waals surface area contributed by atoms with Crippen LogP contribution in [0.15, 0.2) is 4.99 Å². The minimum atomic E-state index is -0.753. The number of nitrogens with zero attached hydrogens (tertiary/aromatic N) is 3. The molecule has 0 radical (unpaired) electrons. The van der Waals surface area contributed by atoms with Crippen LogP contribution in [0.1, 0.15) is 27.7 Å². The molecule has 3 amide bonds. The monoisotopic (exact) mass is 286 g/mol. The molecule has 0 aliphatic rings. The van der Waals surface area contributed by atoms with Gasteiger partial charge in [0, 0.05) is 27.2 Å². The summed E-state index contributed by atoms with van der Waals surface area (Å²) >= 11 is 0. The van der Waals surface area contributed by atoms with E-state index >= 15 is 0 Å². The summed E-state index contributed by atoms with van der Waals surface area (Å²) in [5.74, 6) is 0.204. The van der Waals surface area contributed by atoms with E-state index in [-0.39, 0.29) is 23.4 Å². The molecule has 0 aromatic rings. The third-order valence-electron chi connectivity index (χ3n) is 3.01. The van der Waals surface area contributed by atoms with Crippen LogP contribution in [0, 0.1) is 5.41 Å². The maximum absolute atomic E-state index is 12.2. The maximum Gasteiger partial charge on any atom is 0.436 e. The third kappa shape index (κ3) is 5.46. The number of guanidine groups is 1. The lowest BCUT2D eigenvalue weighted by Crippen LogP contribution is -2.51. The van der Waals surface area contributed by atoms with Crippen LogP contribution in [0.2, 0.25) is 0 Å². The standard InChI is InChI=1S/C13H26N4O3/c1-9(13(2,3)4)14-11(18)17(7)10(16(5)6)15-12(19)20-8/h9H,1-8H3,(H,14,18)/b15-10-. The Morgan fingerprint density at radius 1 is 1.20 bits per heavy atom. The molecule has 0 aliphatic carbocycles. The molecule has 0 aromatic heterocycles. The lowest BCUT2D eigenvalue weighted by Gasteiger charge is -2.31. The second kappa shape index (κ2) is 7.12. The van der Waals surface area contributed by atoms with E-state index in [1.165, 1.54) is 12.0 Å². The first kappa shape index (κ1) is 18.2. The van der Waals surface area contributed by atoms with E-state index < -0.39 is 6.09 Å². The fraction of sp³-hybridized carbons (Fsp3) is 0.769. The molecular weight excluding hydrogens is 260 g/mol. The van der Waals surface area contributed by atoms with Gasteiger partial charge in [0.1, 0.15) is 0 Å². The van der Waals surface area contributed by atoms with Gasteiger partial charge in [-0.05, 0) is 12.3 Å². The van der Waals surface area contributed by atoms with Crippen LogP contribution in [0.5, 0.6) is 0 Å². The van der Waals surface area contributed by atoms with Crippen molar-refractivity contribution in [1.29, 1.82) is 0 Å². The molecule has 0 fully saturated rings. The van der Waals surface area contributed by atoms with E-state index in [0.717, 1.165) is 0 Å². The summed E-state index contributed by atoms with van der Waals surface area (Å²) in [5.41, 5.74) is -0.0612. The van der Waals surface area contributed by atoms with Gasteiger partial charge < -0.3 is 15.0 Å². The third-order valence-corrected chi connectivity index (χ3v) is 3.01. The normalized spacial score (nSPS) is 13.5. The van der Waals surface area contributed by atoms with Crippen molar-refractivity contribution < 1.29 is 14.3 Å². The summed E-state index contributed by atoms with van der Waals surface area (Å²) in [5, 5.41) is 2.87. The van der Waals surface area contributed by atoms with Gasteiger partial charge in [0.25, 0.3) is 0 Å². The van der Waals surface area contributed by atoms with Gasteiger partial charge in [0.15, 0.2) is 0 Å². The second-order valence-electron chi connectivity index (χ2n) is 5.87. The van der Waals surface area contributed by atoms with Gasteiger partial charge in [-0.2, -0.15) is 0 Å². The Balaban J connectivity index is 5.01. The lowest BCUT2D eigenvalue weighted by atomic mass is 9.88. The van der Waals surface area contributed by atoms with Crippen molar-refractivity contribution in [2.24, 2.45) is 10.4 Å². The van der Waals surface area contributed by atoms with E-state index in [2.05, 4.69) is 15.0 Å². The molecule has 1 unspecified atom stereocenters. The average Bonchev–Trinajstić information content (AvgIpc) is 2.32. The Hall–Kier alpha value is -1.79. The molecule has 0 bridgehead atoms. The topological polar surface area (TPSA) is 74.2 Å². The first-order chi connectivity index (χ1) is 9.00. The molecule has 0 spiro atoms. The van der Waals surface area contributed by atoms with Crippen molar-refractivity contribution in [2.45, 2.75) is 33.7 Å². The number of rotatable bonds is 1. The molecule has 20 heavy (non-hydrogen) atoms. The maximum atomic E-state index is 12.2. The van der Waals surface area contributed by atoms with Gasteiger partial charge in [0.2, 0.25) is 5.96 Å². The van der Waals surface area contributed by atoms with Gasteiger partial charge in [-0.15, -0.1) is 4.99 Å². The number of hydrogen-bond acceptors (Lipinski definition) is 3. The predicted octanol–water partition coefficient (Wildman–Crippen LogP) is 1.75. The highest BCUT2D eigenvalue weighted by Crippen LogP contribution is 2.18. The van der Waals surface area contributed by atoms with Crippen LogP contribution in [-0.2, 0) is 4.74 Å². The molecule has 0 aliphatic heterocycles. The summed E-state index contributed by atoms with van der Waals surface area (Å²) in [6.45, 7) is 8.03. The minimum absolute atomic E-state index is 0.0287. The fourth-order valence-corrected chi connectivity index (χ4v) is 1.19. The molecular formula is C13H26N4O3. The number of aliphatic imine (C=N–C) groups is 1. The summed E-state index contributed by atoms with van der Waals surface area (Å²) in [7, 11) is 6.17. The Morgan fingerprint density at radius 2 is 1.70 bits per heavy atom. The number of carbonyl (C=O) groups is 2. The van der Waals surface area contributed by atoms with Gasteiger partial charge >= 0.3 is 12.1 Å². The number of amides is 3. The van der Waals surface area contributed by atoms with Crippen LogP contribution in [-0.4, -0.2) is 62.2 Å². The zero-order valence-corrected chi connectivity index (χ0v) is 13.6. The number of carbonyl (C=O) groups excluding carboxylic acids is 2. The molecule has 0 saturated carbocycles. The summed E-state index contributed by atoms with van der Waals surface area (Å²) in [6, 6.07) is -0.359. The van der Waals surface area contributed by atoms with Crippen molar-refractivity contribution in [3.63, 3.8) is 0 Å². The van der Waals surface area contributed by atoms with Crippen molar-refractivity contribution in [3.05, 3.63) is 0 Å². The lowest BCUT2D eigenvalue weighted by molar-refractivity contribution is 0.181. The molecule has 0 saturated heterocycles. The molecule has 0 aromatic carbocycles. The van der Waals surface area contributed by atoms with Crippen molar-refractivity contribution >= 4 is 18.1 Å². The van der Waals surface area contributed by atoms with Crippen molar-refractivity contribution in [1.82, 2.24) is 15.1 Å². The van der Waals surface area contributed by atoms with Gasteiger partial charge in [-0.1, -0.05) is 20.8 Å². The Kier molecular flexibility index (Phi) is 6.48. The summed E-state index contributed by atoms with van der Waals surface area (Å²) < 4.78 is 4.48. The molecule has 7 nitrogen and oxygen atoms in total. The zero-order chi connectivity index (χ0) is 16.1.